The Balaban J connectivity index is 2.92. The zero-order valence-corrected chi connectivity index (χ0v) is 13.1. The molecule has 0 spiro atoms. The number of hydrogen-bond acceptors (Lipinski definition) is 4. The molecule has 0 aliphatic rings. The van der Waals surface area contributed by atoms with Crippen molar-refractivity contribution in [3.05, 3.63) is 34.9 Å². The molecule has 0 aromatic heterocycles. The number of carbonyl (C=O) groups is 2. The van der Waals surface area contributed by atoms with E-state index in [0.29, 0.717) is 5.02 Å². The molecule has 0 aliphatic carbocycles. The number of benzene rings is 1. The van der Waals surface area contributed by atoms with Crippen LogP contribution in [0.25, 0.3) is 0 Å². The topological polar surface area (TPSA) is 75.6 Å². The third kappa shape index (κ3) is 4.72. The van der Waals surface area contributed by atoms with E-state index in [1.165, 1.54) is 7.11 Å². The van der Waals surface area contributed by atoms with Gasteiger partial charge in [0.1, 0.15) is 0 Å². The van der Waals surface area contributed by atoms with Crippen LogP contribution in [0, 0.1) is 5.92 Å². The van der Waals surface area contributed by atoms with Crippen LogP contribution in [0.2, 0.25) is 5.02 Å². The summed E-state index contributed by atoms with van der Waals surface area (Å²) >= 11 is 5.85. The Morgan fingerprint density at radius 3 is 2.29 bits per heavy atom. The highest BCUT2D eigenvalue weighted by atomic mass is 35.5. The van der Waals surface area contributed by atoms with Crippen LogP contribution in [-0.4, -0.2) is 36.7 Å². The monoisotopic (exact) mass is 313 g/mol. The van der Waals surface area contributed by atoms with Gasteiger partial charge in [-0.1, -0.05) is 37.6 Å². The number of amides is 1. The van der Waals surface area contributed by atoms with E-state index >= 15 is 0 Å². The Kier molecular flexibility index (Phi) is 6.65. The van der Waals surface area contributed by atoms with Crippen molar-refractivity contribution < 1.29 is 19.4 Å². The van der Waals surface area contributed by atoms with Crippen LogP contribution in [0.15, 0.2) is 24.3 Å². The summed E-state index contributed by atoms with van der Waals surface area (Å²) in [6, 6.07) is 5.92. The van der Waals surface area contributed by atoms with E-state index in [1.54, 1.807) is 24.3 Å². The highest BCUT2D eigenvalue weighted by Gasteiger charge is 2.28. The molecule has 6 heteroatoms. The van der Waals surface area contributed by atoms with Crippen molar-refractivity contribution in [2.45, 2.75) is 25.8 Å². The fourth-order valence-electron chi connectivity index (χ4n) is 2.09. The van der Waals surface area contributed by atoms with E-state index < -0.39 is 24.5 Å². The molecule has 21 heavy (non-hydrogen) atoms. The van der Waals surface area contributed by atoms with Gasteiger partial charge in [0.15, 0.2) is 6.04 Å². The first-order chi connectivity index (χ1) is 9.90. The second kappa shape index (κ2) is 8.00. The van der Waals surface area contributed by atoms with Crippen molar-refractivity contribution in [3.8, 4) is 0 Å². The van der Waals surface area contributed by atoms with Crippen LogP contribution in [0.4, 0.5) is 0 Å². The Hall–Kier alpha value is -1.59. The maximum atomic E-state index is 12.4. The molecule has 2 N–H and O–H groups in total. The standard InChI is InChI=1S/C15H20ClNO4/c1-9(2)13(10-4-6-11(16)7-5-10)14(19)17-12(8-18)15(20)21-3/h4-7,9,12-13,18H,8H2,1-3H3,(H,17,19). The highest BCUT2D eigenvalue weighted by Crippen LogP contribution is 2.26. The summed E-state index contributed by atoms with van der Waals surface area (Å²) < 4.78 is 4.53. The molecule has 0 saturated heterocycles. The van der Waals surface area contributed by atoms with Gasteiger partial charge in [0.05, 0.1) is 19.6 Å². The number of aliphatic hydroxyl groups is 1. The lowest BCUT2D eigenvalue weighted by Gasteiger charge is -2.23. The average molecular weight is 314 g/mol. The average Bonchev–Trinajstić information content (AvgIpc) is 2.45. The lowest BCUT2D eigenvalue weighted by atomic mass is 9.87. The summed E-state index contributed by atoms with van der Waals surface area (Å²) in [4.78, 5) is 23.8. The molecule has 5 nitrogen and oxygen atoms in total. The summed E-state index contributed by atoms with van der Waals surface area (Å²) in [5, 5.41) is 12.3. The SMILES string of the molecule is COC(=O)C(CO)NC(=O)C(c1ccc(Cl)cc1)C(C)C. The molecule has 2 atom stereocenters. The molecule has 0 radical (unpaired) electrons. The molecular weight excluding hydrogens is 294 g/mol. The first kappa shape index (κ1) is 17.5. The molecule has 0 aliphatic heterocycles. The predicted octanol–water partition coefficient (Wildman–Crippen LogP) is 1.73. The van der Waals surface area contributed by atoms with Gasteiger partial charge in [0, 0.05) is 5.02 Å². The van der Waals surface area contributed by atoms with Crippen LogP contribution in [-0.2, 0) is 14.3 Å². The quantitative estimate of drug-likeness (QED) is 0.784. The van der Waals surface area contributed by atoms with Gasteiger partial charge in [-0.15, -0.1) is 0 Å². The van der Waals surface area contributed by atoms with Gasteiger partial charge in [-0.3, -0.25) is 4.79 Å². The lowest BCUT2D eigenvalue weighted by molar-refractivity contribution is -0.146. The number of hydrogen-bond donors (Lipinski definition) is 2. The van der Waals surface area contributed by atoms with Gasteiger partial charge >= 0.3 is 5.97 Å². The Bertz CT molecular complexity index is 487. The van der Waals surface area contributed by atoms with Crippen molar-refractivity contribution in [2.75, 3.05) is 13.7 Å². The number of methoxy groups -OCH3 is 1. The van der Waals surface area contributed by atoms with E-state index in [9.17, 15) is 14.7 Å². The van der Waals surface area contributed by atoms with Crippen LogP contribution in [0.3, 0.4) is 0 Å². The third-order valence-electron chi connectivity index (χ3n) is 3.16. The minimum Gasteiger partial charge on any atom is -0.467 e. The first-order valence-electron chi connectivity index (χ1n) is 6.65. The number of ether oxygens (including phenoxy) is 1. The van der Waals surface area contributed by atoms with E-state index in [1.807, 2.05) is 13.8 Å². The molecule has 1 rings (SSSR count). The number of halogens is 1. The van der Waals surface area contributed by atoms with Gasteiger partial charge < -0.3 is 15.2 Å². The molecule has 1 aromatic rings. The molecule has 116 valence electrons. The molecule has 0 heterocycles. The molecule has 1 aromatic carbocycles. The Labute approximate surface area is 129 Å². The van der Waals surface area contributed by atoms with Gasteiger partial charge in [0.2, 0.25) is 5.91 Å². The molecule has 1 amide bonds. The summed E-state index contributed by atoms with van der Waals surface area (Å²) in [6.45, 7) is 3.31. The highest BCUT2D eigenvalue weighted by molar-refractivity contribution is 6.30. The van der Waals surface area contributed by atoms with Gasteiger partial charge in [-0.25, -0.2) is 4.79 Å². The van der Waals surface area contributed by atoms with Gasteiger partial charge in [-0.2, -0.15) is 0 Å². The number of esters is 1. The third-order valence-corrected chi connectivity index (χ3v) is 3.42. The summed E-state index contributed by atoms with van der Waals surface area (Å²) in [5.41, 5.74) is 0.799. The molecular formula is C15H20ClNO4. The normalized spacial score (nSPS) is 13.6. The number of carbonyl (C=O) groups excluding carboxylic acids is 2. The van der Waals surface area contributed by atoms with Crippen LogP contribution >= 0.6 is 11.6 Å². The Morgan fingerprint density at radius 2 is 1.86 bits per heavy atom. The summed E-state index contributed by atoms with van der Waals surface area (Å²) in [7, 11) is 1.20. The molecule has 2 unspecified atom stereocenters. The fourth-order valence-corrected chi connectivity index (χ4v) is 2.22. The van der Waals surface area contributed by atoms with Crippen molar-refractivity contribution in [2.24, 2.45) is 5.92 Å². The lowest BCUT2D eigenvalue weighted by Crippen LogP contribution is -2.46. The number of aliphatic hydroxyl groups excluding tert-OH is 1. The zero-order valence-electron chi connectivity index (χ0n) is 12.3. The number of nitrogens with one attached hydrogen (secondary N) is 1. The van der Waals surface area contributed by atoms with Gasteiger partial charge in [0.25, 0.3) is 0 Å². The first-order valence-corrected chi connectivity index (χ1v) is 7.03. The maximum absolute atomic E-state index is 12.4. The van der Waals surface area contributed by atoms with Crippen molar-refractivity contribution >= 4 is 23.5 Å². The molecule has 0 saturated carbocycles. The number of rotatable bonds is 6. The minimum atomic E-state index is -1.06. The second-order valence-electron chi connectivity index (χ2n) is 5.04. The molecule has 0 bridgehead atoms. The van der Waals surface area contributed by atoms with Crippen molar-refractivity contribution in [1.29, 1.82) is 0 Å². The second-order valence-corrected chi connectivity index (χ2v) is 5.48. The Morgan fingerprint density at radius 1 is 1.29 bits per heavy atom. The van der Waals surface area contributed by atoms with Crippen LogP contribution in [0.1, 0.15) is 25.3 Å². The van der Waals surface area contributed by atoms with Crippen molar-refractivity contribution in [1.82, 2.24) is 5.32 Å². The summed E-state index contributed by atoms with van der Waals surface area (Å²) in [5.74, 6) is -1.44. The van der Waals surface area contributed by atoms with Crippen LogP contribution < -0.4 is 5.32 Å². The van der Waals surface area contributed by atoms with E-state index in [4.69, 9.17) is 11.6 Å². The van der Waals surface area contributed by atoms with Gasteiger partial charge in [-0.05, 0) is 23.6 Å². The largest absolute Gasteiger partial charge is 0.467 e. The van der Waals surface area contributed by atoms with E-state index in [-0.39, 0.29) is 11.8 Å². The summed E-state index contributed by atoms with van der Waals surface area (Å²) in [6.07, 6.45) is 0. The smallest absolute Gasteiger partial charge is 0.330 e. The van der Waals surface area contributed by atoms with Crippen LogP contribution in [0.5, 0.6) is 0 Å². The van der Waals surface area contributed by atoms with Crippen molar-refractivity contribution in [3.63, 3.8) is 0 Å². The predicted molar refractivity (Wildman–Crippen MR) is 80.1 cm³/mol. The van der Waals surface area contributed by atoms with E-state index in [2.05, 4.69) is 10.1 Å². The molecule has 0 fully saturated rings. The fraction of sp³-hybridized carbons (Fsp3) is 0.467. The van der Waals surface area contributed by atoms with E-state index in [0.717, 1.165) is 5.56 Å². The maximum Gasteiger partial charge on any atom is 0.330 e. The zero-order chi connectivity index (χ0) is 16.0. The minimum absolute atomic E-state index is 0.0168.